The van der Waals surface area contributed by atoms with Gasteiger partial charge in [0.05, 0.1) is 13.2 Å². The van der Waals surface area contributed by atoms with Crippen molar-refractivity contribution in [1.29, 1.82) is 5.41 Å². The van der Waals surface area contributed by atoms with Crippen LogP contribution in [0.3, 0.4) is 0 Å². The molecular weight excluding hydrogens is 244 g/mol. The largest absolute Gasteiger partial charge is 0.497 e. The second kappa shape index (κ2) is 7.25. The van der Waals surface area contributed by atoms with E-state index in [0.29, 0.717) is 17.9 Å². The Hall–Kier alpha value is -2.24. The first-order valence-electron chi connectivity index (χ1n) is 6.12. The summed E-state index contributed by atoms with van der Waals surface area (Å²) in [6.45, 7) is 1.97. The van der Waals surface area contributed by atoms with Gasteiger partial charge in [-0.2, -0.15) is 0 Å². The average Bonchev–Trinajstić information content (AvgIpc) is 2.38. The van der Waals surface area contributed by atoms with Gasteiger partial charge in [-0.15, -0.1) is 0 Å². The number of carbonyl (C=O) groups excluding carboxylic acids is 1. The van der Waals surface area contributed by atoms with E-state index in [2.05, 4.69) is 10.6 Å². The summed E-state index contributed by atoms with van der Waals surface area (Å²) in [4.78, 5) is 11.8. The number of amides is 2. The molecule has 1 aromatic carbocycles. The van der Waals surface area contributed by atoms with Crippen molar-refractivity contribution in [3.63, 3.8) is 0 Å². The first-order chi connectivity index (χ1) is 9.06. The van der Waals surface area contributed by atoms with E-state index in [1.165, 1.54) is 0 Å². The second-order valence-corrected chi connectivity index (χ2v) is 4.13. The topological polar surface area (TPSA) is 100 Å². The summed E-state index contributed by atoms with van der Waals surface area (Å²) in [5.74, 6) is 0.622. The number of hydrogen-bond donors (Lipinski definition) is 4. The van der Waals surface area contributed by atoms with Crippen LogP contribution in [0.25, 0.3) is 0 Å². The molecule has 0 aliphatic carbocycles. The lowest BCUT2D eigenvalue weighted by Gasteiger charge is -2.17. The van der Waals surface area contributed by atoms with E-state index in [1.807, 2.05) is 6.92 Å². The van der Waals surface area contributed by atoms with Gasteiger partial charge < -0.3 is 21.1 Å². The SMILES string of the molecule is CCCC(NC(=O)Nc1cccc(OC)c1)C(=N)N. The van der Waals surface area contributed by atoms with Gasteiger partial charge in [-0.05, 0) is 18.6 Å². The molecule has 0 fully saturated rings. The van der Waals surface area contributed by atoms with Crippen molar-refractivity contribution in [2.24, 2.45) is 5.73 Å². The Labute approximate surface area is 112 Å². The van der Waals surface area contributed by atoms with Gasteiger partial charge in [0.25, 0.3) is 0 Å². The molecule has 0 aromatic heterocycles. The van der Waals surface area contributed by atoms with Crippen LogP contribution in [-0.2, 0) is 0 Å². The Morgan fingerprint density at radius 3 is 2.84 bits per heavy atom. The molecule has 5 N–H and O–H groups in total. The highest BCUT2D eigenvalue weighted by Gasteiger charge is 2.14. The van der Waals surface area contributed by atoms with E-state index in [9.17, 15) is 4.79 Å². The molecule has 1 aromatic rings. The first kappa shape index (κ1) is 14.8. The van der Waals surface area contributed by atoms with Crippen molar-refractivity contribution in [1.82, 2.24) is 5.32 Å². The van der Waals surface area contributed by atoms with Gasteiger partial charge in [0.2, 0.25) is 0 Å². The fourth-order valence-corrected chi connectivity index (χ4v) is 1.62. The van der Waals surface area contributed by atoms with Gasteiger partial charge in [0, 0.05) is 11.8 Å². The number of nitrogens with one attached hydrogen (secondary N) is 3. The summed E-state index contributed by atoms with van der Waals surface area (Å²) >= 11 is 0. The van der Waals surface area contributed by atoms with E-state index < -0.39 is 6.04 Å². The number of ether oxygens (including phenoxy) is 1. The summed E-state index contributed by atoms with van der Waals surface area (Å²) < 4.78 is 5.07. The van der Waals surface area contributed by atoms with Crippen molar-refractivity contribution in [2.75, 3.05) is 12.4 Å². The molecule has 0 aliphatic heterocycles. The van der Waals surface area contributed by atoms with Crippen LogP contribution in [0.1, 0.15) is 19.8 Å². The van der Waals surface area contributed by atoms with Crippen LogP contribution < -0.4 is 21.1 Å². The van der Waals surface area contributed by atoms with Crippen molar-refractivity contribution in [2.45, 2.75) is 25.8 Å². The number of benzene rings is 1. The van der Waals surface area contributed by atoms with Crippen molar-refractivity contribution >= 4 is 17.6 Å². The Balaban J connectivity index is 2.60. The highest BCUT2D eigenvalue weighted by Crippen LogP contribution is 2.16. The molecule has 6 heteroatoms. The molecule has 0 spiro atoms. The summed E-state index contributed by atoms with van der Waals surface area (Å²) in [5.41, 5.74) is 6.05. The molecule has 19 heavy (non-hydrogen) atoms. The molecule has 0 bridgehead atoms. The Kier molecular flexibility index (Phi) is 5.66. The summed E-state index contributed by atoms with van der Waals surface area (Å²) in [5, 5.41) is 12.7. The second-order valence-electron chi connectivity index (χ2n) is 4.13. The summed E-state index contributed by atoms with van der Waals surface area (Å²) in [6.07, 6.45) is 1.48. The zero-order valence-corrected chi connectivity index (χ0v) is 11.2. The van der Waals surface area contributed by atoms with Crippen LogP contribution in [0.15, 0.2) is 24.3 Å². The summed E-state index contributed by atoms with van der Waals surface area (Å²) in [6, 6.07) is 6.21. The normalized spacial score (nSPS) is 11.5. The van der Waals surface area contributed by atoms with Gasteiger partial charge >= 0.3 is 6.03 Å². The van der Waals surface area contributed by atoms with Gasteiger partial charge in [0.1, 0.15) is 11.6 Å². The van der Waals surface area contributed by atoms with E-state index in [-0.39, 0.29) is 11.9 Å². The van der Waals surface area contributed by atoms with Crippen molar-refractivity contribution in [3.05, 3.63) is 24.3 Å². The highest BCUT2D eigenvalue weighted by atomic mass is 16.5. The minimum atomic E-state index is -0.435. The first-order valence-corrected chi connectivity index (χ1v) is 6.12. The van der Waals surface area contributed by atoms with Crippen molar-refractivity contribution < 1.29 is 9.53 Å². The zero-order chi connectivity index (χ0) is 14.3. The molecule has 1 atom stereocenters. The van der Waals surface area contributed by atoms with E-state index in [4.69, 9.17) is 15.9 Å². The number of urea groups is 1. The van der Waals surface area contributed by atoms with Crippen LogP contribution in [-0.4, -0.2) is 25.0 Å². The third-order valence-electron chi connectivity index (χ3n) is 2.59. The fourth-order valence-electron chi connectivity index (χ4n) is 1.62. The van der Waals surface area contributed by atoms with Crippen molar-refractivity contribution in [3.8, 4) is 5.75 Å². The number of methoxy groups -OCH3 is 1. The van der Waals surface area contributed by atoms with Gasteiger partial charge in [-0.1, -0.05) is 19.4 Å². The Morgan fingerprint density at radius 1 is 1.53 bits per heavy atom. The quantitative estimate of drug-likeness (QED) is 0.466. The molecule has 0 saturated carbocycles. The molecule has 6 nitrogen and oxygen atoms in total. The Morgan fingerprint density at radius 2 is 2.26 bits per heavy atom. The smallest absolute Gasteiger partial charge is 0.319 e. The monoisotopic (exact) mass is 264 g/mol. The van der Waals surface area contributed by atoms with Gasteiger partial charge in [0.15, 0.2) is 0 Å². The maximum absolute atomic E-state index is 11.8. The third kappa shape index (κ3) is 4.87. The van der Waals surface area contributed by atoms with Gasteiger partial charge in [-0.25, -0.2) is 4.79 Å². The highest BCUT2D eigenvalue weighted by molar-refractivity contribution is 5.94. The molecule has 1 rings (SSSR count). The van der Waals surface area contributed by atoms with Crippen LogP contribution in [0.4, 0.5) is 10.5 Å². The maximum Gasteiger partial charge on any atom is 0.319 e. The number of hydrogen-bond acceptors (Lipinski definition) is 3. The number of anilines is 1. The van der Waals surface area contributed by atoms with E-state index in [0.717, 1.165) is 6.42 Å². The minimum Gasteiger partial charge on any atom is -0.497 e. The molecule has 2 amide bonds. The van der Waals surface area contributed by atoms with Gasteiger partial charge in [-0.3, -0.25) is 5.41 Å². The average molecular weight is 264 g/mol. The van der Waals surface area contributed by atoms with E-state index >= 15 is 0 Å². The number of carbonyl (C=O) groups is 1. The number of nitrogens with two attached hydrogens (primary N) is 1. The standard InChI is InChI=1S/C13H20N4O2/c1-3-5-11(12(14)15)17-13(18)16-9-6-4-7-10(8-9)19-2/h4,6-8,11H,3,5H2,1-2H3,(H3,14,15)(H2,16,17,18). The lowest BCUT2D eigenvalue weighted by Crippen LogP contribution is -2.45. The van der Waals surface area contributed by atoms with E-state index in [1.54, 1.807) is 31.4 Å². The number of rotatable bonds is 6. The predicted molar refractivity (Wildman–Crippen MR) is 75.8 cm³/mol. The molecule has 0 heterocycles. The maximum atomic E-state index is 11.8. The molecular formula is C13H20N4O2. The predicted octanol–water partition coefficient (Wildman–Crippen LogP) is 1.92. The number of amidine groups is 1. The molecule has 104 valence electrons. The molecule has 0 aliphatic rings. The fraction of sp³-hybridized carbons (Fsp3) is 0.385. The van der Waals surface area contributed by atoms with Crippen LogP contribution in [0.2, 0.25) is 0 Å². The lowest BCUT2D eigenvalue weighted by atomic mass is 10.1. The lowest BCUT2D eigenvalue weighted by molar-refractivity contribution is 0.250. The molecule has 0 radical (unpaired) electrons. The van der Waals surface area contributed by atoms with Crippen LogP contribution in [0.5, 0.6) is 5.75 Å². The Bertz CT molecular complexity index is 448. The molecule has 1 unspecified atom stereocenters. The van der Waals surface area contributed by atoms with Crippen LogP contribution in [0, 0.1) is 5.41 Å². The molecule has 0 saturated heterocycles. The minimum absolute atomic E-state index is 0.0392. The third-order valence-corrected chi connectivity index (χ3v) is 2.59. The zero-order valence-electron chi connectivity index (χ0n) is 11.2. The van der Waals surface area contributed by atoms with Crippen LogP contribution >= 0.6 is 0 Å². The summed E-state index contributed by atoms with van der Waals surface area (Å²) in [7, 11) is 1.56.